The second-order valence-corrected chi connectivity index (χ2v) is 10.1. The predicted molar refractivity (Wildman–Crippen MR) is 136 cm³/mol. The van der Waals surface area contributed by atoms with Gasteiger partial charge < -0.3 is 25.5 Å². The Morgan fingerprint density at radius 1 is 0.971 bits per heavy atom. The molecule has 3 aromatic rings. The number of phenolic OH excluding ortho intramolecular Hbond substituents is 2. The Labute approximate surface area is 206 Å². The summed E-state index contributed by atoms with van der Waals surface area (Å²) in [7, 11) is 0. The number of hydrogen-bond donors (Lipinski definition) is 4. The van der Waals surface area contributed by atoms with Crippen LogP contribution in [0.4, 0.5) is 0 Å². The van der Waals surface area contributed by atoms with Gasteiger partial charge in [-0.15, -0.1) is 0 Å². The molecule has 6 heteroatoms. The Bertz CT molecular complexity index is 1170. The first-order chi connectivity index (χ1) is 16.7. The summed E-state index contributed by atoms with van der Waals surface area (Å²) in [5.74, 6) is -0.0246. The normalized spacial score (nSPS) is 14.4. The van der Waals surface area contributed by atoms with Crippen molar-refractivity contribution in [2.45, 2.75) is 51.3 Å². The molecule has 184 valence electrons. The van der Waals surface area contributed by atoms with E-state index in [4.69, 9.17) is 0 Å². The molecule has 0 saturated carbocycles. The number of β-amino-alcohol motifs (C(OH)–C–C–N with tert-alkyl or cyclic N) is 1. The van der Waals surface area contributed by atoms with E-state index in [1.807, 2.05) is 23.1 Å². The van der Waals surface area contributed by atoms with Gasteiger partial charge in [0.05, 0.1) is 12.5 Å². The van der Waals surface area contributed by atoms with Crippen molar-refractivity contribution in [2.24, 2.45) is 0 Å². The Morgan fingerprint density at radius 3 is 2.40 bits per heavy atom. The van der Waals surface area contributed by atoms with Crippen LogP contribution in [-0.4, -0.2) is 44.8 Å². The van der Waals surface area contributed by atoms with Crippen LogP contribution in [0.5, 0.6) is 11.5 Å². The van der Waals surface area contributed by atoms with Crippen LogP contribution in [-0.2, 0) is 30.6 Å². The molecule has 3 aromatic carbocycles. The minimum Gasteiger partial charge on any atom is -0.508 e. The van der Waals surface area contributed by atoms with E-state index in [0.717, 1.165) is 24.1 Å². The summed E-state index contributed by atoms with van der Waals surface area (Å²) in [5.41, 5.74) is 4.81. The van der Waals surface area contributed by atoms with Gasteiger partial charge in [0.1, 0.15) is 11.5 Å². The number of aliphatic hydroxyl groups is 1. The summed E-state index contributed by atoms with van der Waals surface area (Å²) >= 11 is 0. The molecule has 1 heterocycles. The van der Waals surface area contributed by atoms with Gasteiger partial charge in [-0.2, -0.15) is 0 Å². The highest BCUT2D eigenvalue weighted by Crippen LogP contribution is 2.25. The van der Waals surface area contributed by atoms with Gasteiger partial charge in [-0.25, -0.2) is 0 Å². The number of nitrogens with one attached hydrogen (secondary N) is 1. The molecular formula is C29H34N2O4. The van der Waals surface area contributed by atoms with Crippen LogP contribution in [0.25, 0.3) is 0 Å². The van der Waals surface area contributed by atoms with Crippen molar-refractivity contribution in [1.29, 1.82) is 0 Å². The second-order valence-electron chi connectivity index (χ2n) is 10.1. The Kier molecular flexibility index (Phi) is 7.43. The molecule has 1 aliphatic heterocycles. The average molecular weight is 475 g/mol. The average Bonchev–Trinajstić information content (AvgIpc) is 2.81. The number of hydrogen-bond acceptors (Lipinski definition) is 5. The molecule has 4 N–H and O–H groups in total. The number of carbonyl (C=O) groups is 1. The number of aromatic hydroxyl groups is 2. The quantitative estimate of drug-likeness (QED) is 0.398. The molecule has 0 aromatic heterocycles. The highest BCUT2D eigenvalue weighted by atomic mass is 16.3. The molecule has 1 unspecified atom stereocenters. The van der Waals surface area contributed by atoms with E-state index in [2.05, 4.69) is 49.5 Å². The summed E-state index contributed by atoms with van der Waals surface area (Å²) < 4.78 is 0. The third-order valence-corrected chi connectivity index (χ3v) is 6.56. The van der Waals surface area contributed by atoms with Gasteiger partial charge in [-0.05, 0) is 66.6 Å². The summed E-state index contributed by atoms with van der Waals surface area (Å²) in [6, 6.07) is 20.6. The molecule has 1 atom stereocenters. The summed E-state index contributed by atoms with van der Waals surface area (Å²) in [5, 5.41) is 33.2. The fraction of sp³-hybridized carbons (Fsp3) is 0.345. The minimum absolute atomic E-state index is 0.0848. The summed E-state index contributed by atoms with van der Waals surface area (Å²) in [6.45, 7) is 5.81. The standard InChI is InChI=1S/C29H34N2O4/c1-29(2,30-18-27(34)24-14-25(32)16-26(33)15-24)17-21-7-5-6-20(12-21)13-28(35)31-11-10-22-8-3-4-9-23(22)19-31/h3-9,12,14-16,27,30,32-34H,10-11,13,17-19H2,1-2H3. The van der Waals surface area contributed by atoms with E-state index in [1.165, 1.54) is 29.3 Å². The van der Waals surface area contributed by atoms with E-state index >= 15 is 0 Å². The zero-order chi connectivity index (χ0) is 25.0. The van der Waals surface area contributed by atoms with Gasteiger partial charge >= 0.3 is 0 Å². The molecule has 0 fully saturated rings. The molecule has 0 radical (unpaired) electrons. The molecular weight excluding hydrogens is 440 g/mol. The SMILES string of the molecule is CC(C)(Cc1cccc(CC(=O)N2CCc3ccccc3C2)c1)NCC(O)c1cc(O)cc(O)c1. The zero-order valence-corrected chi connectivity index (χ0v) is 20.4. The number of aliphatic hydroxyl groups excluding tert-OH is 1. The number of fused-ring (bicyclic) bond motifs is 1. The van der Waals surface area contributed by atoms with Gasteiger partial charge in [0.2, 0.25) is 5.91 Å². The van der Waals surface area contributed by atoms with Crippen LogP contribution in [0.15, 0.2) is 66.7 Å². The van der Waals surface area contributed by atoms with E-state index in [9.17, 15) is 20.1 Å². The van der Waals surface area contributed by atoms with Gasteiger partial charge in [0, 0.05) is 31.2 Å². The topological polar surface area (TPSA) is 93.0 Å². The lowest BCUT2D eigenvalue weighted by molar-refractivity contribution is -0.131. The monoisotopic (exact) mass is 474 g/mol. The number of carbonyl (C=O) groups excluding carboxylic acids is 1. The van der Waals surface area contributed by atoms with E-state index in [-0.39, 0.29) is 29.5 Å². The molecule has 1 aliphatic rings. The highest BCUT2D eigenvalue weighted by Gasteiger charge is 2.22. The maximum Gasteiger partial charge on any atom is 0.227 e. The van der Waals surface area contributed by atoms with Crippen LogP contribution < -0.4 is 5.32 Å². The minimum atomic E-state index is -0.870. The van der Waals surface area contributed by atoms with Crippen molar-refractivity contribution in [3.8, 4) is 11.5 Å². The van der Waals surface area contributed by atoms with Crippen molar-refractivity contribution in [2.75, 3.05) is 13.1 Å². The van der Waals surface area contributed by atoms with E-state index < -0.39 is 6.10 Å². The predicted octanol–water partition coefficient (Wildman–Crippen LogP) is 3.87. The lowest BCUT2D eigenvalue weighted by atomic mass is 9.93. The Hall–Kier alpha value is -3.35. The van der Waals surface area contributed by atoms with Crippen molar-refractivity contribution in [1.82, 2.24) is 10.2 Å². The molecule has 35 heavy (non-hydrogen) atoms. The number of benzene rings is 3. The van der Waals surface area contributed by atoms with Crippen molar-refractivity contribution < 1.29 is 20.1 Å². The number of rotatable bonds is 8. The lowest BCUT2D eigenvalue weighted by Gasteiger charge is -2.29. The number of amides is 1. The van der Waals surface area contributed by atoms with E-state index in [0.29, 0.717) is 24.9 Å². The Balaban J connectivity index is 1.33. The van der Waals surface area contributed by atoms with Crippen molar-refractivity contribution >= 4 is 5.91 Å². The highest BCUT2D eigenvalue weighted by molar-refractivity contribution is 5.79. The van der Waals surface area contributed by atoms with Gasteiger partial charge in [0.15, 0.2) is 0 Å². The molecule has 6 nitrogen and oxygen atoms in total. The molecule has 1 amide bonds. The third kappa shape index (κ3) is 6.62. The maximum absolute atomic E-state index is 13.0. The molecule has 0 aliphatic carbocycles. The molecule has 0 saturated heterocycles. The first-order valence-electron chi connectivity index (χ1n) is 12.1. The van der Waals surface area contributed by atoms with Crippen LogP contribution in [0.2, 0.25) is 0 Å². The van der Waals surface area contributed by atoms with Crippen LogP contribution >= 0.6 is 0 Å². The zero-order valence-electron chi connectivity index (χ0n) is 20.4. The molecule has 0 spiro atoms. The van der Waals surface area contributed by atoms with Crippen molar-refractivity contribution in [3.63, 3.8) is 0 Å². The summed E-state index contributed by atoms with van der Waals surface area (Å²) in [4.78, 5) is 14.9. The van der Waals surface area contributed by atoms with Crippen LogP contribution in [0.3, 0.4) is 0 Å². The van der Waals surface area contributed by atoms with Crippen LogP contribution in [0.1, 0.15) is 47.8 Å². The van der Waals surface area contributed by atoms with Gasteiger partial charge in [-0.3, -0.25) is 4.79 Å². The van der Waals surface area contributed by atoms with Crippen LogP contribution in [0, 0.1) is 0 Å². The number of phenols is 2. The Morgan fingerprint density at radius 2 is 1.66 bits per heavy atom. The largest absolute Gasteiger partial charge is 0.508 e. The first-order valence-corrected chi connectivity index (χ1v) is 12.1. The van der Waals surface area contributed by atoms with Crippen molar-refractivity contribution in [3.05, 3.63) is 94.5 Å². The third-order valence-electron chi connectivity index (χ3n) is 6.56. The smallest absolute Gasteiger partial charge is 0.227 e. The maximum atomic E-state index is 13.0. The van der Waals surface area contributed by atoms with Gasteiger partial charge in [-0.1, -0.05) is 48.5 Å². The molecule has 0 bridgehead atoms. The fourth-order valence-corrected chi connectivity index (χ4v) is 4.72. The van der Waals surface area contributed by atoms with E-state index in [1.54, 1.807) is 0 Å². The lowest BCUT2D eigenvalue weighted by Crippen LogP contribution is -2.43. The molecule has 4 rings (SSSR count). The first kappa shape index (κ1) is 24.8. The fourth-order valence-electron chi connectivity index (χ4n) is 4.72. The second kappa shape index (κ2) is 10.5. The van der Waals surface area contributed by atoms with Gasteiger partial charge in [0.25, 0.3) is 0 Å². The summed E-state index contributed by atoms with van der Waals surface area (Å²) in [6.07, 6.45) is 1.12. The number of nitrogens with zero attached hydrogens (tertiary/aromatic N) is 1.